The fourth-order valence-electron chi connectivity index (χ4n) is 2.33. The first-order valence-corrected chi connectivity index (χ1v) is 6.00. The minimum atomic E-state index is 0.0303. The van der Waals surface area contributed by atoms with E-state index in [0.717, 1.165) is 24.6 Å². The maximum absolute atomic E-state index is 5.92. The van der Waals surface area contributed by atoms with Crippen molar-refractivity contribution in [2.24, 2.45) is 11.7 Å². The molecule has 1 aromatic heterocycles. The van der Waals surface area contributed by atoms with E-state index in [1.54, 1.807) is 6.20 Å². The molecule has 0 saturated heterocycles. The third-order valence-electron chi connectivity index (χ3n) is 3.59. The van der Waals surface area contributed by atoms with Gasteiger partial charge in [0.15, 0.2) is 0 Å². The van der Waals surface area contributed by atoms with Gasteiger partial charge in [0.2, 0.25) is 0 Å². The lowest BCUT2D eigenvalue weighted by Gasteiger charge is -2.39. The summed E-state index contributed by atoms with van der Waals surface area (Å²) in [6.45, 7) is 2.97. The third-order valence-corrected chi connectivity index (χ3v) is 3.59. The largest absolute Gasteiger partial charge is 0.362 e. The van der Waals surface area contributed by atoms with Crippen molar-refractivity contribution in [3.05, 3.63) is 18.3 Å². The van der Waals surface area contributed by atoms with E-state index in [0.29, 0.717) is 6.54 Å². The van der Waals surface area contributed by atoms with Crippen LogP contribution in [-0.2, 0) is 0 Å². The first-order valence-electron chi connectivity index (χ1n) is 6.00. The van der Waals surface area contributed by atoms with Gasteiger partial charge >= 0.3 is 0 Å². The molecule has 4 heteroatoms. The quantitative estimate of drug-likeness (QED) is 0.815. The normalized spacial score (nSPS) is 30.0. The van der Waals surface area contributed by atoms with Crippen LogP contribution < -0.4 is 11.1 Å². The molecule has 1 aromatic rings. The molecule has 0 atom stereocenters. The van der Waals surface area contributed by atoms with E-state index in [1.165, 1.54) is 12.8 Å². The van der Waals surface area contributed by atoms with Gasteiger partial charge in [-0.3, -0.25) is 0 Å². The Morgan fingerprint density at radius 2 is 2.25 bits per heavy atom. The van der Waals surface area contributed by atoms with Gasteiger partial charge in [-0.2, -0.15) is 5.10 Å². The Balaban J connectivity index is 2.05. The molecule has 1 aliphatic rings. The van der Waals surface area contributed by atoms with Crippen LogP contribution in [0.5, 0.6) is 0 Å². The van der Waals surface area contributed by atoms with Crippen LogP contribution in [0.4, 0.5) is 5.82 Å². The maximum Gasteiger partial charge on any atom is 0.149 e. The highest BCUT2D eigenvalue weighted by molar-refractivity contribution is 5.36. The number of anilines is 1. The molecule has 0 spiro atoms. The lowest BCUT2D eigenvalue weighted by molar-refractivity contribution is 0.271. The van der Waals surface area contributed by atoms with Crippen LogP contribution in [0.25, 0.3) is 0 Å². The average molecular weight is 220 g/mol. The molecular weight excluding hydrogens is 200 g/mol. The summed E-state index contributed by atoms with van der Waals surface area (Å²) in [6, 6.07) is 3.84. The van der Waals surface area contributed by atoms with E-state index >= 15 is 0 Å². The minimum absolute atomic E-state index is 0.0303. The molecular formula is C12H20N4. The van der Waals surface area contributed by atoms with Crippen molar-refractivity contribution in [1.29, 1.82) is 0 Å². The van der Waals surface area contributed by atoms with Gasteiger partial charge in [-0.25, -0.2) is 0 Å². The van der Waals surface area contributed by atoms with Crippen LogP contribution in [0.15, 0.2) is 18.3 Å². The summed E-state index contributed by atoms with van der Waals surface area (Å²) in [7, 11) is 0. The molecule has 1 heterocycles. The lowest BCUT2D eigenvalue weighted by Crippen LogP contribution is -2.48. The predicted octanol–water partition coefficient (Wildman–Crippen LogP) is 1.80. The molecule has 4 nitrogen and oxygen atoms in total. The monoisotopic (exact) mass is 220 g/mol. The highest BCUT2D eigenvalue weighted by Crippen LogP contribution is 2.33. The van der Waals surface area contributed by atoms with Crippen molar-refractivity contribution in [2.45, 2.75) is 38.1 Å². The summed E-state index contributed by atoms with van der Waals surface area (Å²) in [4.78, 5) is 0. The molecule has 1 aliphatic carbocycles. The molecule has 0 unspecified atom stereocenters. The first-order chi connectivity index (χ1) is 7.74. The molecule has 0 bridgehead atoms. The van der Waals surface area contributed by atoms with Crippen LogP contribution in [0.2, 0.25) is 0 Å². The summed E-state index contributed by atoms with van der Waals surface area (Å²) in [5.74, 6) is 1.66. The highest BCUT2D eigenvalue weighted by atomic mass is 15.2. The van der Waals surface area contributed by atoms with E-state index < -0.39 is 0 Å². The summed E-state index contributed by atoms with van der Waals surface area (Å²) in [5, 5.41) is 11.4. The smallest absolute Gasteiger partial charge is 0.149 e. The number of nitrogens with one attached hydrogen (secondary N) is 1. The molecule has 16 heavy (non-hydrogen) atoms. The summed E-state index contributed by atoms with van der Waals surface area (Å²) < 4.78 is 0. The van der Waals surface area contributed by atoms with Crippen LogP contribution >= 0.6 is 0 Å². The molecule has 88 valence electrons. The molecule has 1 fully saturated rings. The molecule has 3 N–H and O–H groups in total. The number of nitrogens with zero attached hydrogens (tertiary/aromatic N) is 2. The SMILES string of the molecule is CC1CCC(CN)(Nc2cccnn2)CC1. The fourth-order valence-corrected chi connectivity index (χ4v) is 2.33. The zero-order chi connectivity index (χ0) is 11.4. The number of rotatable bonds is 3. The van der Waals surface area contributed by atoms with E-state index in [1.807, 2.05) is 12.1 Å². The first kappa shape index (κ1) is 11.3. The zero-order valence-electron chi connectivity index (χ0n) is 9.82. The zero-order valence-corrected chi connectivity index (χ0v) is 9.82. The third kappa shape index (κ3) is 2.50. The van der Waals surface area contributed by atoms with E-state index in [-0.39, 0.29) is 5.54 Å². The van der Waals surface area contributed by atoms with Gasteiger partial charge in [-0.1, -0.05) is 6.92 Å². The molecule has 0 aliphatic heterocycles. The van der Waals surface area contributed by atoms with Gasteiger partial charge in [0.05, 0.1) is 5.54 Å². The standard InChI is InChI=1S/C12H20N4/c1-10-4-6-12(9-13,7-5-10)15-11-3-2-8-14-16-11/h2-3,8,10H,4-7,9,13H2,1H3,(H,15,16). The van der Waals surface area contributed by atoms with Crippen LogP contribution in [0.3, 0.4) is 0 Å². The number of aromatic nitrogens is 2. The lowest BCUT2D eigenvalue weighted by atomic mass is 9.77. The Labute approximate surface area is 96.6 Å². The molecule has 0 radical (unpaired) electrons. The van der Waals surface area contributed by atoms with Gasteiger partial charge in [0.25, 0.3) is 0 Å². The molecule has 0 amide bonds. The van der Waals surface area contributed by atoms with E-state index in [9.17, 15) is 0 Å². The van der Waals surface area contributed by atoms with Gasteiger partial charge in [0.1, 0.15) is 5.82 Å². The predicted molar refractivity (Wildman–Crippen MR) is 65.1 cm³/mol. The van der Waals surface area contributed by atoms with Crippen LogP contribution in [0.1, 0.15) is 32.6 Å². The Morgan fingerprint density at radius 1 is 1.50 bits per heavy atom. The maximum atomic E-state index is 5.92. The van der Waals surface area contributed by atoms with Gasteiger partial charge < -0.3 is 11.1 Å². The second-order valence-corrected chi connectivity index (χ2v) is 4.90. The topological polar surface area (TPSA) is 63.8 Å². The fraction of sp³-hybridized carbons (Fsp3) is 0.667. The van der Waals surface area contributed by atoms with Crippen molar-refractivity contribution in [3.8, 4) is 0 Å². The van der Waals surface area contributed by atoms with Gasteiger partial charge in [-0.05, 0) is 43.7 Å². The van der Waals surface area contributed by atoms with Crippen LogP contribution in [0, 0.1) is 5.92 Å². The van der Waals surface area contributed by atoms with Crippen molar-refractivity contribution >= 4 is 5.82 Å². The van der Waals surface area contributed by atoms with Crippen molar-refractivity contribution < 1.29 is 0 Å². The summed E-state index contributed by atoms with van der Waals surface area (Å²) >= 11 is 0. The van der Waals surface area contributed by atoms with Crippen molar-refractivity contribution in [2.75, 3.05) is 11.9 Å². The Bertz CT molecular complexity index is 317. The van der Waals surface area contributed by atoms with Crippen molar-refractivity contribution in [1.82, 2.24) is 10.2 Å². The van der Waals surface area contributed by atoms with Crippen LogP contribution in [-0.4, -0.2) is 22.3 Å². The van der Waals surface area contributed by atoms with E-state index in [4.69, 9.17) is 5.73 Å². The molecule has 2 rings (SSSR count). The highest BCUT2D eigenvalue weighted by Gasteiger charge is 2.33. The van der Waals surface area contributed by atoms with Gasteiger partial charge in [-0.15, -0.1) is 5.10 Å². The second kappa shape index (κ2) is 4.78. The Kier molecular flexibility index (Phi) is 3.39. The Hall–Kier alpha value is -1.16. The number of hydrogen-bond acceptors (Lipinski definition) is 4. The molecule has 1 saturated carbocycles. The summed E-state index contributed by atoms with van der Waals surface area (Å²) in [6.07, 6.45) is 6.42. The molecule has 0 aromatic carbocycles. The minimum Gasteiger partial charge on any atom is -0.362 e. The Morgan fingerprint density at radius 3 is 2.81 bits per heavy atom. The summed E-state index contributed by atoms with van der Waals surface area (Å²) in [5.41, 5.74) is 5.95. The van der Waals surface area contributed by atoms with E-state index in [2.05, 4.69) is 22.4 Å². The number of hydrogen-bond donors (Lipinski definition) is 2. The van der Waals surface area contributed by atoms with Crippen molar-refractivity contribution in [3.63, 3.8) is 0 Å². The average Bonchev–Trinajstić information content (AvgIpc) is 2.34. The number of nitrogens with two attached hydrogens (primary N) is 1. The van der Waals surface area contributed by atoms with Gasteiger partial charge in [0, 0.05) is 12.7 Å². The second-order valence-electron chi connectivity index (χ2n) is 4.90.